The summed E-state index contributed by atoms with van der Waals surface area (Å²) in [6.45, 7) is 10.2. The molecule has 196 valence electrons. The van der Waals surface area contributed by atoms with E-state index in [1.807, 2.05) is 0 Å². The number of carbonyl (C=O) groups excluding carboxylic acids is 1. The molecule has 1 atom stereocenters. The number of unbranched alkanes of at least 4 members (excludes halogenated alkanes) is 1. The van der Waals surface area contributed by atoms with E-state index in [1.54, 1.807) is 46.8 Å². The molecule has 1 aromatic carbocycles. The lowest BCUT2D eigenvalue weighted by molar-refractivity contribution is -0.154. The van der Waals surface area contributed by atoms with Crippen molar-refractivity contribution in [1.29, 1.82) is 0 Å². The molecule has 0 spiro atoms. The average molecular weight is 517 g/mol. The van der Waals surface area contributed by atoms with Crippen molar-refractivity contribution in [2.75, 3.05) is 13.2 Å². The Labute approximate surface area is 205 Å². The van der Waals surface area contributed by atoms with Crippen molar-refractivity contribution in [3.8, 4) is 0 Å². The number of ether oxygens (including phenoxy) is 1. The molecule has 1 unspecified atom stereocenters. The topological polar surface area (TPSA) is 101 Å². The second-order valence-electron chi connectivity index (χ2n) is 9.02. The number of carbonyl (C=O) groups is 1. The molecular formula is C24H35F2N2O6P. The number of hydrogen-bond donors (Lipinski definition) is 0. The largest absolute Gasteiger partial charge is 0.459 e. The fraction of sp³-hybridized carbons (Fsp3) is 0.625. The molecule has 8 nitrogen and oxygen atoms in total. The Balaban J connectivity index is 2.32. The fourth-order valence-electron chi connectivity index (χ4n) is 3.29. The third-order valence-electron chi connectivity index (χ3n) is 4.93. The van der Waals surface area contributed by atoms with Crippen molar-refractivity contribution in [3.63, 3.8) is 0 Å². The summed E-state index contributed by atoms with van der Waals surface area (Å²) in [6.07, 6.45) is 2.33. The second-order valence-corrected chi connectivity index (χ2v) is 11.2. The zero-order valence-corrected chi connectivity index (χ0v) is 22.1. The predicted octanol–water partition coefficient (Wildman–Crippen LogP) is 6.07. The Kier molecular flexibility index (Phi) is 10.1. The van der Waals surface area contributed by atoms with E-state index in [0.29, 0.717) is 0 Å². The van der Waals surface area contributed by atoms with E-state index in [9.17, 15) is 9.36 Å². The van der Waals surface area contributed by atoms with Gasteiger partial charge >= 0.3 is 19.5 Å². The molecular weight excluding hydrogens is 481 g/mol. The SMILES string of the molecule is CCCCc1ccc(C(F)(F)c2noc(CC(C(=O)OC(C)(C)C)P(=O)(OCC)OCC)n2)cc1. The van der Waals surface area contributed by atoms with Gasteiger partial charge in [-0.2, -0.15) is 13.8 Å². The summed E-state index contributed by atoms with van der Waals surface area (Å²) in [7, 11) is -4.03. The molecule has 0 aliphatic rings. The van der Waals surface area contributed by atoms with Crippen LogP contribution in [0.25, 0.3) is 0 Å². The summed E-state index contributed by atoms with van der Waals surface area (Å²) in [4.78, 5) is 16.7. The van der Waals surface area contributed by atoms with Crippen LogP contribution in [-0.4, -0.2) is 40.6 Å². The maximum Gasteiger partial charge on any atom is 0.345 e. The van der Waals surface area contributed by atoms with Crippen LogP contribution < -0.4 is 0 Å². The summed E-state index contributed by atoms with van der Waals surface area (Å²) < 4.78 is 64.6. The van der Waals surface area contributed by atoms with Crippen molar-refractivity contribution in [1.82, 2.24) is 10.1 Å². The smallest absolute Gasteiger partial charge is 0.345 e. The third-order valence-corrected chi connectivity index (χ3v) is 7.32. The number of esters is 1. The van der Waals surface area contributed by atoms with Gasteiger partial charge in [-0.05, 0) is 53.0 Å². The highest BCUT2D eigenvalue weighted by Crippen LogP contribution is 2.54. The Morgan fingerprint density at radius 3 is 2.20 bits per heavy atom. The van der Waals surface area contributed by atoms with E-state index in [-0.39, 0.29) is 24.7 Å². The number of rotatable bonds is 13. The van der Waals surface area contributed by atoms with E-state index in [4.69, 9.17) is 18.3 Å². The highest BCUT2D eigenvalue weighted by Gasteiger charge is 2.46. The molecule has 0 saturated carbocycles. The lowest BCUT2D eigenvalue weighted by Crippen LogP contribution is -2.34. The van der Waals surface area contributed by atoms with Crippen LogP contribution in [0.4, 0.5) is 8.78 Å². The van der Waals surface area contributed by atoms with Crippen molar-refractivity contribution < 1.29 is 36.4 Å². The van der Waals surface area contributed by atoms with E-state index in [2.05, 4.69) is 17.1 Å². The Hall–Kier alpha value is -2.16. The lowest BCUT2D eigenvalue weighted by Gasteiger charge is -2.27. The first-order chi connectivity index (χ1) is 16.4. The van der Waals surface area contributed by atoms with Crippen LogP contribution in [-0.2, 0) is 41.9 Å². The molecule has 0 amide bonds. The maximum absolute atomic E-state index is 15.1. The van der Waals surface area contributed by atoms with Gasteiger partial charge in [-0.3, -0.25) is 9.36 Å². The Morgan fingerprint density at radius 1 is 1.09 bits per heavy atom. The Bertz CT molecular complexity index is 994. The molecule has 0 aliphatic carbocycles. The van der Waals surface area contributed by atoms with Crippen molar-refractivity contribution in [2.24, 2.45) is 0 Å². The standard InChI is InChI=1S/C24H35F2N2O6P/c1-7-10-11-17-12-14-18(15-13-17)24(25,26)22-27-20(34-28-22)16-19(21(29)33-23(4,5)6)35(30,31-8-2)32-9-3/h12-15,19H,7-11,16H2,1-6H3. The van der Waals surface area contributed by atoms with Gasteiger partial charge < -0.3 is 18.3 Å². The molecule has 1 heterocycles. The molecule has 0 N–H and O–H groups in total. The monoisotopic (exact) mass is 516 g/mol. The summed E-state index contributed by atoms with van der Waals surface area (Å²) in [5.41, 5.74) is -1.69. The lowest BCUT2D eigenvalue weighted by atomic mass is 10.0. The molecule has 0 saturated heterocycles. The van der Waals surface area contributed by atoms with E-state index in [0.717, 1.165) is 24.8 Å². The molecule has 1 aromatic heterocycles. The number of halogens is 2. The molecule has 0 fully saturated rings. The summed E-state index contributed by atoms with van der Waals surface area (Å²) in [6, 6.07) is 5.98. The van der Waals surface area contributed by atoms with Crippen LogP contribution in [0.3, 0.4) is 0 Å². The number of benzene rings is 1. The summed E-state index contributed by atoms with van der Waals surface area (Å²) in [5.74, 6) is -5.58. The van der Waals surface area contributed by atoms with Gasteiger partial charge in [0.25, 0.3) is 0 Å². The van der Waals surface area contributed by atoms with Gasteiger partial charge in [-0.25, -0.2) is 0 Å². The third kappa shape index (κ3) is 7.92. The van der Waals surface area contributed by atoms with Gasteiger partial charge in [-0.1, -0.05) is 42.8 Å². The zero-order valence-electron chi connectivity index (χ0n) is 21.2. The molecule has 35 heavy (non-hydrogen) atoms. The van der Waals surface area contributed by atoms with Crippen LogP contribution in [0.2, 0.25) is 0 Å². The van der Waals surface area contributed by atoms with Gasteiger partial charge in [0.2, 0.25) is 11.7 Å². The van der Waals surface area contributed by atoms with Crippen LogP contribution in [0.5, 0.6) is 0 Å². The first-order valence-corrected chi connectivity index (χ1v) is 13.4. The minimum absolute atomic E-state index is 0.00200. The average Bonchev–Trinajstić information content (AvgIpc) is 3.25. The van der Waals surface area contributed by atoms with Crippen LogP contribution in [0, 0.1) is 0 Å². The van der Waals surface area contributed by atoms with Gasteiger partial charge in [0.1, 0.15) is 5.60 Å². The number of hydrogen-bond acceptors (Lipinski definition) is 8. The minimum atomic E-state index is -4.03. The maximum atomic E-state index is 15.1. The van der Waals surface area contributed by atoms with Crippen LogP contribution in [0.15, 0.2) is 28.8 Å². The molecule has 11 heteroatoms. The quantitative estimate of drug-likeness (QED) is 0.234. The zero-order chi connectivity index (χ0) is 26.3. The van der Waals surface area contributed by atoms with E-state index in [1.165, 1.54) is 12.1 Å². The van der Waals surface area contributed by atoms with E-state index >= 15 is 8.78 Å². The first-order valence-electron chi connectivity index (χ1n) is 11.8. The number of alkyl halides is 2. The van der Waals surface area contributed by atoms with Crippen LogP contribution in [0.1, 0.15) is 77.2 Å². The predicted molar refractivity (Wildman–Crippen MR) is 127 cm³/mol. The minimum Gasteiger partial charge on any atom is -0.459 e. The number of aromatic nitrogens is 2. The molecule has 2 aromatic rings. The normalized spacial score (nSPS) is 13.6. The first kappa shape index (κ1) is 29.1. The van der Waals surface area contributed by atoms with E-state index < -0.39 is 43.0 Å². The van der Waals surface area contributed by atoms with Crippen LogP contribution >= 0.6 is 7.60 Å². The molecule has 0 bridgehead atoms. The molecule has 0 radical (unpaired) electrons. The summed E-state index contributed by atoms with van der Waals surface area (Å²) >= 11 is 0. The van der Waals surface area contributed by atoms with Crippen molar-refractivity contribution in [3.05, 3.63) is 47.1 Å². The Morgan fingerprint density at radius 2 is 1.69 bits per heavy atom. The highest BCUT2D eigenvalue weighted by molar-refractivity contribution is 7.55. The van der Waals surface area contributed by atoms with Crippen molar-refractivity contribution in [2.45, 2.75) is 84.4 Å². The number of aryl methyl sites for hydroxylation is 1. The van der Waals surface area contributed by atoms with Gasteiger partial charge in [0.15, 0.2) is 5.66 Å². The highest BCUT2D eigenvalue weighted by atomic mass is 31.2. The second kappa shape index (κ2) is 12.2. The van der Waals surface area contributed by atoms with Gasteiger partial charge in [0.05, 0.1) is 19.6 Å². The molecule has 2 rings (SSSR count). The fourth-order valence-corrected chi connectivity index (χ4v) is 5.14. The van der Waals surface area contributed by atoms with Gasteiger partial charge in [0, 0.05) is 5.56 Å². The van der Waals surface area contributed by atoms with Gasteiger partial charge in [-0.15, -0.1) is 0 Å². The molecule has 0 aliphatic heterocycles. The number of nitrogens with zero attached hydrogens (tertiary/aromatic N) is 2. The summed E-state index contributed by atoms with van der Waals surface area (Å²) in [5, 5.41) is 3.44. The van der Waals surface area contributed by atoms with Crippen molar-refractivity contribution >= 4 is 13.6 Å².